The van der Waals surface area contributed by atoms with E-state index in [9.17, 15) is 4.79 Å². The third-order valence-electron chi connectivity index (χ3n) is 4.05. The SMILES string of the molecule is CC1CCC(CNC(CC(=O)O)c2cccs2)CC1. The summed E-state index contributed by atoms with van der Waals surface area (Å²) in [6.45, 7) is 3.27. The van der Waals surface area contributed by atoms with Crippen molar-refractivity contribution in [2.75, 3.05) is 6.54 Å². The molecule has 2 rings (SSSR count). The van der Waals surface area contributed by atoms with Gasteiger partial charge in [-0.15, -0.1) is 11.3 Å². The van der Waals surface area contributed by atoms with Crippen LogP contribution >= 0.6 is 11.3 Å². The fourth-order valence-electron chi connectivity index (χ4n) is 2.78. The quantitative estimate of drug-likeness (QED) is 0.836. The van der Waals surface area contributed by atoms with Gasteiger partial charge in [0.15, 0.2) is 0 Å². The average molecular weight is 281 g/mol. The largest absolute Gasteiger partial charge is 0.481 e. The molecule has 19 heavy (non-hydrogen) atoms. The van der Waals surface area contributed by atoms with E-state index in [2.05, 4.69) is 12.2 Å². The Bertz CT molecular complexity index is 383. The molecular weight excluding hydrogens is 258 g/mol. The second kappa shape index (κ2) is 7.06. The highest BCUT2D eigenvalue weighted by Gasteiger charge is 2.21. The highest BCUT2D eigenvalue weighted by molar-refractivity contribution is 7.10. The maximum atomic E-state index is 11.0. The lowest BCUT2D eigenvalue weighted by Gasteiger charge is -2.28. The molecule has 2 N–H and O–H groups in total. The lowest BCUT2D eigenvalue weighted by molar-refractivity contribution is -0.137. The topological polar surface area (TPSA) is 49.3 Å². The van der Waals surface area contributed by atoms with Gasteiger partial charge in [0, 0.05) is 4.88 Å². The number of thiophene rings is 1. The van der Waals surface area contributed by atoms with Gasteiger partial charge in [-0.25, -0.2) is 0 Å². The Hall–Kier alpha value is -0.870. The van der Waals surface area contributed by atoms with Gasteiger partial charge in [-0.3, -0.25) is 4.79 Å². The molecule has 1 atom stereocenters. The smallest absolute Gasteiger partial charge is 0.305 e. The first-order valence-electron chi connectivity index (χ1n) is 7.13. The molecule has 0 aliphatic heterocycles. The summed E-state index contributed by atoms with van der Waals surface area (Å²) in [5.41, 5.74) is 0. The highest BCUT2D eigenvalue weighted by Crippen LogP contribution is 2.29. The van der Waals surface area contributed by atoms with Gasteiger partial charge >= 0.3 is 5.97 Å². The predicted octanol–water partition coefficient (Wildman–Crippen LogP) is 3.68. The number of hydrogen-bond acceptors (Lipinski definition) is 3. The van der Waals surface area contributed by atoms with Crippen molar-refractivity contribution >= 4 is 17.3 Å². The molecule has 1 heterocycles. The van der Waals surface area contributed by atoms with Crippen LogP contribution in [0.3, 0.4) is 0 Å². The third kappa shape index (κ3) is 4.62. The Morgan fingerprint density at radius 3 is 2.79 bits per heavy atom. The van der Waals surface area contributed by atoms with E-state index < -0.39 is 5.97 Å². The number of nitrogens with one attached hydrogen (secondary N) is 1. The summed E-state index contributed by atoms with van der Waals surface area (Å²) in [6, 6.07) is 3.98. The van der Waals surface area contributed by atoms with Crippen molar-refractivity contribution in [2.45, 2.75) is 45.1 Å². The lowest BCUT2D eigenvalue weighted by Crippen LogP contribution is -2.30. The number of aliphatic carboxylic acids is 1. The molecular formula is C15H23NO2S. The molecule has 0 amide bonds. The molecule has 1 unspecified atom stereocenters. The van der Waals surface area contributed by atoms with Gasteiger partial charge in [-0.1, -0.05) is 25.8 Å². The zero-order chi connectivity index (χ0) is 13.7. The van der Waals surface area contributed by atoms with Crippen molar-refractivity contribution in [1.82, 2.24) is 5.32 Å². The van der Waals surface area contributed by atoms with Crippen molar-refractivity contribution in [1.29, 1.82) is 0 Å². The maximum Gasteiger partial charge on any atom is 0.305 e. The Labute approximate surface area is 119 Å². The molecule has 0 spiro atoms. The van der Waals surface area contributed by atoms with Crippen LogP contribution in [0.2, 0.25) is 0 Å². The molecule has 3 nitrogen and oxygen atoms in total. The number of hydrogen-bond donors (Lipinski definition) is 2. The van der Waals surface area contributed by atoms with Gasteiger partial charge in [-0.2, -0.15) is 0 Å². The number of rotatable bonds is 6. The van der Waals surface area contributed by atoms with Crippen LogP contribution in [0.5, 0.6) is 0 Å². The van der Waals surface area contributed by atoms with Gasteiger partial charge in [0.05, 0.1) is 12.5 Å². The monoisotopic (exact) mass is 281 g/mol. The summed E-state index contributed by atoms with van der Waals surface area (Å²) >= 11 is 1.63. The minimum atomic E-state index is -0.733. The molecule has 1 aromatic rings. The molecule has 1 aliphatic carbocycles. The molecule has 1 aliphatic rings. The first-order valence-corrected chi connectivity index (χ1v) is 8.01. The van der Waals surface area contributed by atoms with Crippen LogP contribution in [0.1, 0.15) is 49.9 Å². The van der Waals surface area contributed by atoms with E-state index in [1.54, 1.807) is 11.3 Å². The minimum absolute atomic E-state index is 0.0307. The molecule has 0 bridgehead atoms. The Morgan fingerprint density at radius 2 is 2.21 bits per heavy atom. The van der Waals surface area contributed by atoms with E-state index in [4.69, 9.17) is 5.11 Å². The summed E-state index contributed by atoms with van der Waals surface area (Å²) in [6.07, 6.45) is 5.35. The lowest BCUT2D eigenvalue weighted by atomic mass is 9.83. The van der Waals surface area contributed by atoms with Crippen molar-refractivity contribution in [3.05, 3.63) is 22.4 Å². The summed E-state index contributed by atoms with van der Waals surface area (Å²) in [5.74, 6) is 0.846. The predicted molar refractivity (Wildman–Crippen MR) is 78.4 cm³/mol. The fourth-order valence-corrected chi connectivity index (χ4v) is 3.58. The Morgan fingerprint density at radius 1 is 1.47 bits per heavy atom. The first kappa shape index (κ1) is 14.5. The summed E-state index contributed by atoms with van der Waals surface area (Å²) in [5, 5.41) is 14.5. The molecule has 0 aromatic carbocycles. The van der Waals surface area contributed by atoms with Crippen LogP contribution in [0.25, 0.3) is 0 Å². The van der Waals surface area contributed by atoms with Gasteiger partial charge < -0.3 is 10.4 Å². The van der Waals surface area contributed by atoms with E-state index in [0.717, 1.165) is 17.3 Å². The van der Waals surface area contributed by atoms with E-state index >= 15 is 0 Å². The van der Waals surface area contributed by atoms with Crippen molar-refractivity contribution < 1.29 is 9.90 Å². The number of carboxylic acids is 1. The normalized spacial score (nSPS) is 25.1. The zero-order valence-electron chi connectivity index (χ0n) is 11.5. The van der Waals surface area contributed by atoms with Crippen LogP contribution in [0, 0.1) is 11.8 Å². The van der Waals surface area contributed by atoms with Crippen LogP contribution in [-0.4, -0.2) is 17.6 Å². The van der Waals surface area contributed by atoms with E-state index in [0.29, 0.717) is 5.92 Å². The maximum absolute atomic E-state index is 11.0. The Kier molecular flexibility index (Phi) is 5.40. The first-order chi connectivity index (χ1) is 9.15. The summed E-state index contributed by atoms with van der Waals surface area (Å²) in [7, 11) is 0. The second-order valence-corrected chi connectivity index (χ2v) is 6.68. The van der Waals surface area contributed by atoms with E-state index in [1.165, 1.54) is 25.7 Å². The van der Waals surface area contributed by atoms with Gasteiger partial charge in [0.2, 0.25) is 0 Å². The molecule has 0 radical (unpaired) electrons. The standard InChI is InChI=1S/C15H23NO2S/c1-11-4-6-12(7-5-11)10-16-13(9-15(17)18)14-3-2-8-19-14/h2-3,8,11-13,16H,4-7,9-10H2,1H3,(H,17,18). The third-order valence-corrected chi connectivity index (χ3v) is 5.04. The number of carboxylic acid groups (broad SMARTS) is 1. The van der Waals surface area contributed by atoms with E-state index in [1.807, 2.05) is 17.5 Å². The zero-order valence-corrected chi connectivity index (χ0v) is 12.3. The van der Waals surface area contributed by atoms with Crippen LogP contribution in [0.15, 0.2) is 17.5 Å². The number of carbonyl (C=O) groups is 1. The van der Waals surface area contributed by atoms with Crippen molar-refractivity contribution in [3.63, 3.8) is 0 Å². The van der Waals surface area contributed by atoms with Crippen LogP contribution in [-0.2, 0) is 4.79 Å². The van der Waals surface area contributed by atoms with Gasteiger partial charge in [-0.05, 0) is 42.7 Å². The molecule has 0 saturated heterocycles. The Balaban J connectivity index is 1.84. The van der Waals surface area contributed by atoms with E-state index in [-0.39, 0.29) is 12.5 Å². The molecule has 1 fully saturated rings. The molecule has 106 valence electrons. The van der Waals surface area contributed by atoms with Gasteiger partial charge in [0.25, 0.3) is 0 Å². The van der Waals surface area contributed by atoms with Crippen molar-refractivity contribution in [3.8, 4) is 0 Å². The van der Waals surface area contributed by atoms with Crippen molar-refractivity contribution in [2.24, 2.45) is 11.8 Å². The fraction of sp³-hybridized carbons (Fsp3) is 0.667. The molecule has 1 saturated carbocycles. The molecule has 1 aromatic heterocycles. The van der Waals surface area contributed by atoms with Gasteiger partial charge in [0.1, 0.15) is 0 Å². The van der Waals surface area contributed by atoms with Crippen LogP contribution < -0.4 is 5.32 Å². The molecule has 4 heteroatoms. The van der Waals surface area contributed by atoms with Crippen LogP contribution in [0.4, 0.5) is 0 Å². The average Bonchev–Trinajstić information content (AvgIpc) is 2.90. The highest BCUT2D eigenvalue weighted by atomic mass is 32.1. The second-order valence-electron chi connectivity index (χ2n) is 5.70. The minimum Gasteiger partial charge on any atom is -0.481 e. The summed E-state index contributed by atoms with van der Waals surface area (Å²) in [4.78, 5) is 12.1. The summed E-state index contributed by atoms with van der Waals surface area (Å²) < 4.78 is 0.